The molecule has 0 radical (unpaired) electrons. The van der Waals surface area contributed by atoms with Crippen LogP contribution in [0.5, 0.6) is 0 Å². The van der Waals surface area contributed by atoms with Gasteiger partial charge in [-0.2, -0.15) is 0 Å². The van der Waals surface area contributed by atoms with Crippen molar-refractivity contribution < 1.29 is 17.5 Å². The molecule has 0 fully saturated rings. The number of hydrogen-bond donors (Lipinski definition) is 0. The molecule has 0 aliphatic heterocycles. The lowest BCUT2D eigenvalue weighted by atomic mass is 10.1. The van der Waals surface area contributed by atoms with E-state index in [-0.39, 0.29) is 4.90 Å². The average molecular weight is 474 g/mol. The van der Waals surface area contributed by atoms with Crippen LogP contribution in [0.1, 0.15) is 28.1 Å². The van der Waals surface area contributed by atoms with Crippen LogP contribution >= 0.6 is 0 Å². The predicted molar refractivity (Wildman–Crippen MR) is 134 cm³/mol. The van der Waals surface area contributed by atoms with E-state index < -0.39 is 10.1 Å². The molecular weight excluding hydrogens is 442 g/mol. The maximum absolute atomic E-state index is 10.4. The molecule has 0 saturated heterocycles. The van der Waals surface area contributed by atoms with E-state index in [0.717, 1.165) is 31.2 Å². The monoisotopic (exact) mass is 473 g/mol. The molecule has 4 rings (SSSR count). The van der Waals surface area contributed by atoms with Gasteiger partial charge >= 0.3 is 0 Å². The molecule has 0 aliphatic rings. The van der Waals surface area contributed by atoms with Gasteiger partial charge in [0.15, 0.2) is 11.4 Å². The van der Waals surface area contributed by atoms with E-state index >= 15 is 0 Å². The summed E-state index contributed by atoms with van der Waals surface area (Å²) in [5.74, 6) is 0. The first kappa shape index (κ1) is 25.3. The average Bonchev–Trinajstić information content (AvgIpc) is 2.84. The molecule has 0 unspecified atom stereocenters. The van der Waals surface area contributed by atoms with Crippen LogP contribution in [0.15, 0.2) is 108 Å². The summed E-state index contributed by atoms with van der Waals surface area (Å²) >= 11 is 0. The van der Waals surface area contributed by atoms with Crippen molar-refractivity contribution in [1.82, 2.24) is 0 Å². The zero-order valence-corrected chi connectivity index (χ0v) is 20.5. The van der Waals surface area contributed by atoms with Crippen molar-refractivity contribution in [2.75, 3.05) is 0 Å². The number of hydrogen-bond acceptors (Lipinski definition) is 3. The largest absolute Gasteiger partial charge is 0.744 e. The molecule has 0 atom stereocenters. The number of rotatable bonds is 7. The summed E-state index contributed by atoms with van der Waals surface area (Å²) in [5, 5.41) is 0. The van der Waals surface area contributed by atoms with Gasteiger partial charge in [-0.15, -0.1) is 0 Å². The van der Waals surface area contributed by atoms with Crippen LogP contribution in [0.2, 0.25) is 0 Å². The summed E-state index contributed by atoms with van der Waals surface area (Å²) in [5.41, 5.74) is 6.54. The Labute approximate surface area is 203 Å². The number of benzene rings is 3. The van der Waals surface area contributed by atoms with Gasteiger partial charge in [-0.05, 0) is 49.1 Å². The molecule has 0 amide bonds. The summed E-state index contributed by atoms with van der Waals surface area (Å²) in [7, 11) is -2.07. The number of pyridine rings is 1. The molecule has 3 aromatic carbocycles. The van der Waals surface area contributed by atoms with Gasteiger partial charge in [0, 0.05) is 25.0 Å². The third-order valence-corrected chi connectivity index (χ3v) is 6.62. The number of aryl methyl sites for hydroxylation is 5. The second-order valence-corrected chi connectivity index (χ2v) is 9.69. The highest BCUT2D eigenvalue weighted by Crippen LogP contribution is 2.09. The zero-order valence-electron chi connectivity index (χ0n) is 19.7. The van der Waals surface area contributed by atoms with Crippen LogP contribution in [0, 0.1) is 6.92 Å². The highest BCUT2D eigenvalue weighted by molar-refractivity contribution is 7.85. The Morgan fingerprint density at radius 3 is 1.47 bits per heavy atom. The smallest absolute Gasteiger partial charge is 0.181 e. The summed E-state index contributed by atoms with van der Waals surface area (Å²) in [6.45, 7) is 1.82. The second kappa shape index (κ2) is 12.3. The first-order chi connectivity index (χ1) is 16.3. The van der Waals surface area contributed by atoms with Crippen LogP contribution in [0.4, 0.5) is 0 Å². The lowest BCUT2D eigenvalue weighted by Crippen LogP contribution is -2.38. The molecule has 1 aromatic heterocycles. The lowest BCUT2D eigenvalue weighted by Gasteiger charge is -2.06. The normalized spacial score (nSPS) is 10.9. The summed E-state index contributed by atoms with van der Waals surface area (Å²) in [4.78, 5) is -0.178. The van der Waals surface area contributed by atoms with E-state index in [2.05, 4.69) is 90.5 Å². The van der Waals surface area contributed by atoms with Gasteiger partial charge < -0.3 is 4.55 Å². The van der Waals surface area contributed by atoms with E-state index in [1.165, 1.54) is 34.6 Å². The summed E-state index contributed by atoms with van der Waals surface area (Å²) in [6.07, 6.45) is 4.35. The zero-order chi connectivity index (χ0) is 24.4. The quantitative estimate of drug-likeness (QED) is 0.281. The van der Waals surface area contributed by atoms with Crippen LogP contribution in [-0.2, 0) is 42.8 Å². The fourth-order valence-corrected chi connectivity index (χ4v) is 4.19. The van der Waals surface area contributed by atoms with Gasteiger partial charge in [-0.1, -0.05) is 78.4 Å². The van der Waals surface area contributed by atoms with Crippen molar-refractivity contribution in [2.45, 2.75) is 37.5 Å². The van der Waals surface area contributed by atoms with Gasteiger partial charge in [0.25, 0.3) is 0 Å². The van der Waals surface area contributed by atoms with Crippen molar-refractivity contribution >= 4 is 10.1 Å². The van der Waals surface area contributed by atoms with Crippen molar-refractivity contribution in [3.8, 4) is 0 Å². The van der Waals surface area contributed by atoms with E-state index in [1.807, 2.05) is 6.92 Å². The Hall–Kier alpha value is -3.28. The second-order valence-electron chi connectivity index (χ2n) is 8.31. The molecule has 34 heavy (non-hydrogen) atoms. The van der Waals surface area contributed by atoms with Crippen LogP contribution < -0.4 is 4.57 Å². The highest BCUT2D eigenvalue weighted by Gasteiger charge is 2.12. The standard InChI is InChI=1S/C22H24N.C7H8O3S/c1-23-21(17-15-19-9-4-2-5-10-19)13-8-14-22(23)18-16-20-11-6-3-7-12-20;1-6-2-4-7(5-3-6)11(8,9)10/h2-14H,15-18H2,1H3;2-5H,1H3,(H,8,9,10)/q+1;/p-1. The molecular formula is C29H31NO3S. The summed E-state index contributed by atoms with van der Waals surface area (Å²) < 4.78 is 33.5. The van der Waals surface area contributed by atoms with Gasteiger partial charge in [0.2, 0.25) is 0 Å². The van der Waals surface area contributed by atoms with Crippen molar-refractivity contribution in [1.29, 1.82) is 0 Å². The van der Waals surface area contributed by atoms with Crippen LogP contribution in [-0.4, -0.2) is 13.0 Å². The van der Waals surface area contributed by atoms with Crippen molar-refractivity contribution in [2.24, 2.45) is 7.05 Å². The Morgan fingerprint density at radius 1 is 0.618 bits per heavy atom. The minimum Gasteiger partial charge on any atom is -0.744 e. The first-order valence-electron chi connectivity index (χ1n) is 11.4. The number of nitrogens with zero attached hydrogens (tertiary/aromatic N) is 1. The van der Waals surface area contributed by atoms with Crippen molar-refractivity contribution in [3.63, 3.8) is 0 Å². The molecule has 1 heterocycles. The fraction of sp³-hybridized carbons (Fsp3) is 0.207. The predicted octanol–water partition coefficient (Wildman–Crippen LogP) is 4.98. The van der Waals surface area contributed by atoms with Crippen LogP contribution in [0.3, 0.4) is 0 Å². The molecule has 4 aromatic rings. The number of aromatic nitrogens is 1. The topological polar surface area (TPSA) is 61.1 Å². The molecule has 5 heteroatoms. The Kier molecular flexibility index (Phi) is 9.14. The molecule has 0 spiro atoms. The maximum Gasteiger partial charge on any atom is 0.181 e. The molecule has 4 nitrogen and oxygen atoms in total. The van der Waals surface area contributed by atoms with Gasteiger partial charge in [-0.3, -0.25) is 0 Å². The minimum absolute atomic E-state index is 0.178. The molecule has 0 bridgehead atoms. The van der Waals surface area contributed by atoms with Crippen LogP contribution in [0.25, 0.3) is 0 Å². The van der Waals surface area contributed by atoms with Gasteiger partial charge in [0.05, 0.1) is 4.90 Å². The van der Waals surface area contributed by atoms with Gasteiger partial charge in [-0.25, -0.2) is 13.0 Å². The Bertz CT molecular complexity index is 1210. The minimum atomic E-state index is -4.27. The molecule has 0 saturated carbocycles. The lowest BCUT2D eigenvalue weighted by molar-refractivity contribution is -0.686. The van der Waals surface area contributed by atoms with E-state index in [4.69, 9.17) is 0 Å². The van der Waals surface area contributed by atoms with E-state index in [0.29, 0.717) is 0 Å². The maximum atomic E-state index is 10.4. The highest BCUT2D eigenvalue weighted by atomic mass is 32.2. The Balaban J connectivity index is 0.000000248. The van der Waals surface area contributed by atoms with E-state index in [1.54, 1.807) is 12.1 Å². The summed E-state index contributed by atoms with van der Waals surface area (Å²) in [6, 6.07) is 33.9. The molecule has 0 aliphatic carbocycles. The van der Waals surface area contributed by atoms with Gasteiger partial charge in [0.1, 0.15) is 17.2 Å². The van der Waals surface area contributed by atoms with E-state index in [9.17, 15) is 13.0 Å². The third kappa shape index (κ3) is 7.94. The molecule has 0 N–H and O–H groups in total. The Morgan fingerprint density at radius 2 is 1.06 bits per heavy atom. The first-order valence-corrected chi connectivity index (χ1v) is 12.8. The van der Waals surface area contributed by atoms with Crippen molar-refractivity contribution in [3.05, 3.63) is 131 Å². The SMILES string of the molecule is C[n+]1c(CCc2ccccc2)cccc1CCc1ccccc1.Cc1ccc(S(=O)(=O)[O-])cc1. The molecule has 176 valence electrons. The third-order valence-electron chi connectivity index (χ3n) is 5.77. The fourth-order valence-electron chi connectivity index (χ4n) is 3.72.